The number of ether oxygens (including phenoxy) is 4. The van der Waals surface area contributed by atoms with E-state index in [9.17, 15) is 39.9 Å². The molecule has 5 rings (SSSR count). The maximum atomic E-state index is 14.4. The number of phenolic OH excluding ortho intramolecular Hbond substituents is 3. The predicted molar refractivity (Wildman–Crippen MR) is 223 cm³/mol. The first-order valence-electron chi connectivity index (χ1n) is 19.6. The molecule has 3 aliphatic heterocycles. The number of nitrogens with zero attached hydrogens (tertiary/aromatic N) is 3. The molecule has 59 heavy (non-hydrogen) atoms. The molecule has 9 atom stereocenters. The minimum Gasteiger partial charge on any atom is -0.507 e. The monoisotopic (exact) mass is 824 g/mol. The minimum absolute atomic E-state index is 0.0476. The standard InChI is InChI=1S/C43H60N4O12/c1-21-14-13-15-22(2)42(55)45-33-28(20-44-47(11)18-17-46(9)10)37(52)30-31(38(33)53)36(51)26(6)40-32(30)41(54)43(8,59-40)57-19-16-29(56-12)23(3)39(58-27(7)48)25(5)35(50)24(4)34(21)49/h13-16,19-21,23-25,29,34-35,39,49-53H,17-18H2,1-12H3,(H,45,55)/b14-13+,19-16+,22-15-,44-20+/t21-,23-,24-,25-,29+,34-,35+,39-,43+/m1/s1. The zero-order chi connectivity index (χ0) is 44.3. The van der Waals surface area contributed by atoms with Crippen LogP contribution in [-0.2, 0) is 23.8 Å². The van der Waals surface area contributed by atoms with Crippen LogP contribution >= 0.6 is 0 Å². The van der Waals surface area contributed by atoms with E-state index in [2.05, 4.69) is 10.4 Å². The highest BCUT2D eigenvalue weighted by Gasteiger charge is 2.50. The van der Waals surface area contributed by atoms with Crippen molar-refractivity contribution < 1.29 is 58.9 Å². The molecule has 0 radical (unpaired) electrons. The highest BCUT2D eigenvalue weighted by atomic mass is 16.7. The van der Waals surface area contributed by atoms with Gasteiger partial charge < -0.3 is 54.7 Å². The van der Waals surface area contributed by atoms with Gasteiger partial charge in [-0.3, -0.25) is 19.4 Å². The number of hydrazone groups is 1. The molecular formula is C43H60N4O12. The molecule has 0 aromatic heterocycles. The van der Waals surface area contributed by atoms with Gasteiger partial charge in [0.1, 0.15) is 23.4 Å². The Labute approximate surface area is 345 Å². The number of carbonyl (C=O) groups is 3. The van der Waals surface area contributed by atoms with Crippen LogP contribution in [0.25, 0.3) is 10.8 Å². The highest BCUT2D eigenvalue weighted by Crippen LogP contribution is 2.55. The number of rotatable bonds is 7. The number of carbonyl (C=O) groups excluding carboxylic acids is 3. The normalized spacial score (nSPS) is 30.2. The van der Waals surface area contributed by atoms with Crippen LogP contribution in [0.4, 0.5) is 5.69 Å². The molecule has 0 saturated carbocycles. The molecule has 16 heteroatoms. The summed E-state index contributed by atoms with van der Waals surface area (Å²) in [5, 5.41) is 66.4. The van der Waals surface area contributed by atoms with Crippen molar-refractivity contribution >= 4 is 40.3 Å². The van der Waals surface area contributed by atoms with Gasteiger partial charge >= 0.3 is 11.8 Å². The summed E-state index contributed by atoms with van der Waals surface area (Å²) < 4.78 is 23.6. The summed E-state index contributed by atoms with van der Waals surface area (Å²) in [6.07, 6.45) is 4.76. The molecule has 2 aromatic rings. The maximum absolute atomic E-state index is 14.4. The van der Waals surface area contributed by atoms with Crippen molar-refractivity contribution in [2.24, 2.45) is 28.8 Å². The van der Waals surface area contributed by atoms with Crippen LogP contribution in [0.15, 0.2) is 41.2 Å². The lowest BCUT2D eigenvalue weighted by Crippen LogP contribution is -2.46. The molecule has 0 fully saturated rings. The number of Topliss-reactive ketones (excluding diaryl/α,β-unsaturated/α-hetero) is 1. The third-order valence-corrected chi connectivity index (χ3v) is 11.3. The van der Waals surface area contributed by atoms with Crippen LogP contribution in [0.1, 0.15) is 70.0 Å². The number of hydrogen-bond acceptors (Lipinski definition) is 15. The maximum Gasteiger partial charge on any atom is 0.312 e. The van der Waals surface area contributed by atoms with Crippen LogP contribution in [0.3, 0.4) is 0 Å². The Bertz CT molecular complexity index is 2040. The molecule has 0 spiro atoms. The Kier molecular flexibility index (Phi) is 14.8. The summed E-state index contributed by atoms with van der Waals surface area (Å²) in [5.41, 5.74) is -0.432. The van der Waals surface area contributed by atoms with Crippen molar-refractivity contribution in [3.63, 3.8) is 0 Å². The van der Waals surface area contributed by atoms with Gasteiger partial charge in [-0.1, -0.05) is 45.9 Å². The first-order valence-corrected chi connectivity index (χ1v) is 19.6. The summed E-state index contributed by atoms with van der Waals surface area (Å²) in [6, 6.07) is 0. The summed E-state index contributed by atoms with van der Waals surface area (Å²) in [4.78, 5) is 42.4. The van der Waals surface area contributed by atoms with Crippen LogP contribution < -0.4 is 10.1 Å². The quantitative estimate of drug-likeness (QED) is 0.0741. The molecule has 2 aromatic carbocycles. The van der Waals surface area contributed by atoms with E-state index in [0.717, 1.165) is 0 Å². The summed E-state index contributed by atoms with van der Waals surface area (Å²) in [7, 11) is 6.93. The van der Waals surface area contributed by atoms with Crippen LogP contribution in [-0.4, -0.2) is 131 Å². The highest BCUT2D eigenvalue weighted by molar-refractivity contribution is 6.23. The zero-order valence-corrected chi connectivity index (χ0v) is 35.9. The number of benzene rings is 2. The van der Waals surface area contributed by atoms with Gasteiger partial charge in [-0.2, -0.15) is 5.10 Å². The molecule has 5 bridgehead atoms. The second kappa shape index (κ2) is 18.8. The van der Waals surface area contributed by atoms with Gasteiger partial charge in [-0.05, 0) is 34.0 Å². The van der Waals surface area contributed by atoms with Crippen molar-refractivity contribution in [2.75, 3.05) is 46.7 Å². The number of esters is 1. The van der Waals surface area contributed by atoms with Crippen molar-refractivity contribution in [3.8, 4) is 23.0 Å². The van der Waals surface area contributed by atoms with Gasteiger partial charge in [0.25, 0.3) is 11.7 Å². The lowest BCUT2D eigenvalue weighted by molar-refractivity contribution is -0.160. The molecule has 16 nitrogen and oxygen atoms in total. The summed E-state index contributed by atoms with van der Waals surface area (Å²) >= 11 is 0. The number of methoxy groups -OCH3 is 1. The number of allylic oxidation sites excluding steroid dienone is 2. The van der Waals surface area contributed by atoms with Crippen LogP contribution in [0, 0.1) is 30.6 Å². The van der Waals surface area contributed by atoms with E-state index in [4.69, 9.17) is 18.9 Å². The van der Waals surface area contributed by atoms with Crippen molar-refractivity contribution in [3.05, 3.63) is 52.8 Å². The number of fused-ring (bicyclic) bond motifs is 14. The van der Waals surface area contributed by atoms with Gasteiger partial charge in [0.15, 0.2) is 5.75 Å². The van der Waals surface area contributed by atoms with E-state index in [1.165, 1.54) is 59.4 Å². The van der Waals surface area contributed by atoms with Crippen molar-refractivity contribution in [2.45, 2.75) is 85.6 Å². The molecular weight excluding hydrogens is 764 g/mol. The van der Waals surface area contributed by atoms with E-state index in [1.807, 2.05) is 19.0 Å². The number of nitrogens with one attached hydrogen (secondary N) is 1. The number of aliphatic hydroxyl groups excluding tert-OH is 2. The molecule has 6 N–H and O–H groups in total. The number of aliphatic hydroxyl groups is 2. The fraction of sp³-hybridized carbons (Fsp3) is 0.535. The molecule has 0 unspecified atom stereocenters. The Balaban J connectivity index is 1.97. The molecule has 3 heterocycles. The number of amides is 1. The Morgan fingerprint density at radius 2 is 1.61 bits per heavy atom. The van der Waals surface area contributed by atoms with Gasteiger partial charge in [-0.15, -0.1) is 0 Å². The number of likely N-dealkylation sites (N-methyl/N-ethyl adjacent to an activating group) is 2. The molecule has 0 aliphatic carbocycles. The number of aromatic hydroxyl groups is 3. The number of hydrogen-bond donors (Lipinski definition) is 6. The summed E-state index contributed by atoms with van der Waals surface area (Å²) in [5.74, 6) is -8.45. The van der Waals surface area contributed by atoms with Crippen molar-refractivity contribution in [1.29, 1.82) is 0 Å². The second-order valence-corrected chi connectivity index (χ2v) is 16.0. The summed E-state index contributed by atoms with van der Waals surface area (Å²) in [6.45, 7) is 13.6. The number of ketones is 1. The van der Waals surface area contributed by atoms with Gasteiger partial charge in [0.2, 0.25) is 0 Å². The van der Waals surface area contributed by atoms with E-state index < -0.39 is 88.8 Å². The minimum atomic E-state index is -2.05. The first kappa shape index (κ1) is 46.5. The largest absolute Gasteiger partial charge is 0.507 e. The van der Waals surface area contributed by atoms with Gasteiger partial charge in [0.05, 0.1) is 53.0 Å². The van der Waals surface area contributed by atoms with Crippen LogP contribution in [0.5, 0.6) is 23.0 Å². The molecule has 1 amide bonds. The second-order valence-electron chi connectivity index (χ2n) is 16.0. The van der Waals surface area contributed by atoms with Crippen LogP contribution in [0.2, 0.25) is 0 Å². The molecule has 0 saturated heterocycles. The smallest absolute Gasteiger partial charge is 0.312 e. The number of anilines is 1. The zero-order valence-electron chi connectivity index (χ0n) is 35.9. The lowest BCUT2D eigenvalue weighted by Gasteiger charge is -2.38. The van der Waals surface area contributed by atoms with E-state index in [1.54, 1.807) is 51.9 Å². The Morgan fingerprint density at radius 1 is 0.949 bits per heavy atom. The third-order valence-electron chi connectivity index (χ3n) is 11.3. The van der Waals surface area contributed by atoms with E-state index in [-0.39, 0.29) is 44.5 Å². The average molecular weight is 825 g/mol. The van der Waals surface area contributed by atoms with Gasteiger partial charge in [0, 0.05) is 81.3 Å². The molecule has 3 aliphatic rings. The lowest BCUT2D eigenvalue weighted by atomic mass is 9.78. The Morgan fingerprint density at radius 3 is 2.22 bits per heavy atom. The third kappa shape index (κ3) is 9.67. The van der Waals surface area contributed by atoms with Crippen molar-refractivity contribution in [1.82, 2.24) is 9.91 Å². The topological polar surface area (TPSA) is 220 Å². The van der Waals surface area contributed by atoms with Gasteiger partial charge in [-0.25, -0.2) is 0 Å². The predicted octanol–water partition coefficient (Wildman–Crippen LogP) is 4.58. The van der Waals surface area contributed by atoms with E-state index in [0.29, 0.717) is 13.1 Å². The number of phenols is 3. The fourth-order valence-corrected chi connectivity index (χ4v) is 7.43. The SMILES string of the molecule is CO[C@H]1/C=C/O[C@@]2(C)Oc3c(C)c(O)c4c(O)c(c(/C=N/N(C)CCN(C)C)c(O)c4c3C2=O)NC(=O)/C(C)=C\C=C\[C@@H](C)[C@@H](O)[C@@H](C)[C@H](O)[C@@H](C)[C@H](OC(C)=O)[C@@H]1C. The average Bonchev–Trinajstić information content (AvgIpc) is 3.45. The van der Waals surface area contributed by atoms with E-state index >= 15 is 0 Å². The Hall–Kier alpha value is -5.16. The first-order chi connectivity index (χ1) is 27.6. The molecule has 324 valence electrons. The fourth-order valence-electron chi connectivity index (χ4n) is 7.43.